The van der Waals surface area contributed by atoms with E-state index in [0.29, 0.717) is 13.0 Å². The second-order valence-electron chi connectivity index (χ2n) is 8.86. The monoisotopic (exact) mass is 472 g/mol. The van der Waals surface area contributed by atoms with Crippen LogP contribution in [-0.4, -0.2) is 51.5 Å². The van der Waals surface area contributed by atoms with E-state index >= 15 is 0 Å². The maximum absolute atomic E-state index is 11.9. The van der Waals surface area contributed by atoms with Gasteiger partial charge in [0.05, 0.1) is 5.54 Å². The minimum Gasteiger partial charge on any atom is -0.480 e. The molecule has 174 valence electrons. The maximum atomic E-state index is 11.9. The van der Waals surface area contributed by atoms with Crippen molar-refractivity contribution in [3.8, 4) is 0 Å². The first-order valence-corrected chi connectivity index (χ1v) is 12.7. The van der Waals surface area contributed by atoms with Crippen LogP contribution in [0.4, 0.5) is 0 Å². The van der Waals surface area contributed by atoms with Crippen molar-refractivity contribution < 1.29 is 14.7 Å². The third-order valence-electron chi connectivity index (χ3n) is 6.95. The quantitative estimate of drug-likeness (QED) is 0.278. The van der Waals surface area contributed by atoms with E-state index in [4.69, 9.17) is 0 Å². The third-order valence-corrected chi connectivity index (χ3v) is 8.26. The van der Waals surface area contributed by atoms with Crippen LogP contribution in [0.5, 0.6) is 0 Å². The fourth-order valence-corrected chi connectivity index (χ4v) is 6.72. The number of hydrogen-bond donors (Lipinski definition) is 2. The Morgan fingerprint density at radius 1 is 0.912 bits per heavy atom. The number of rotatable bonds is 9. The highest BCUT2D eigenvalue weighted by atomic mass is 32.2. The summed E-state index contributed by atoms with van der Waals surface area (Å²) in [7, 11) is 0. The molecule has 2 saturated heterocycles. The molecule has 34 heavy (non-hydrogen) atoms. The topological polar surface area (TPSA) is 69.6 Å². The van der Waals surface area contributed by atoms with Gasteiger partial charge < -0.3 is 10.0 Å². The first-order valence-electron chi connectivity index (χ1n) is 11.7. The van der Waals surface area contributed by atoms with E-state index in [9.17, 15) is 14.7 Å². The lowest BCUT2D eigenvalue weighted by Gasteiger charge is -2.37. The summed E-state index contributed by atoms with van der Waals surface area (Å²) in [5.41, 5.74) is 2.91. The van der Waals surface area contributed by atoms with Crippen molar-refractivity contribution in [2.24, 2.45) is 0 Å². The number of carbonyl (C=O) groups is 2. The lowest BCUT2D eigenvalue weighted by Crippen LogP contribution is -2.55. The average molecular weight is 473 g/mol. The third kappa shape index (κ3) is 4.01. The van der Waals surface area contributed by atoms with Gasteiger partial charge in [0.15, 0.2) is 0 Å². The van der Waals surface area contributed by atoms with E-state index in [1.54, 1.807) is 16.7 Å². The molecule has 2 aliphatic rings. The highest BCUT2D eigenvalue weighted by Gasteiger charge is 2.54. The molecule has 6 heteroatoms. The predicted octanol–water partition coefficient (Wildman–Crippen LogP) is 4.13. The van der Waals surface area contributed by atoms with Gasteiger partial charge in [0.1, 0.15) is 6.04 Å². The van der Waals surface area contributed by atoms with Crippen LogP contribution in [0.3, 0.4) is 0 Å². The zero-order chi connectivity index (χ0) is 23.5. The molecule has 0 bridgehead atoms. The van der Waals surface area contributed by atoms with Crippen LogP contribution in [0.1, 0.15) is 29.5 Å². The smallest absolute Gasteiger partial charge is 0.327 e. The van der Waals surface area contributed by atoms with E-state index < -0.39 is 17.6 Å². The molecule has 2 fully saturated rings. The Labute approximate surface area is 204 Å². The van der Waals surface area contributed by atoms with E-state index in [1.165, 1.54) is 0 Å². The Morgan fingerprint density at radius 3 is 1.85 bits per heavy atom. The summed E-state index contributed by atoms with van der Waals surface area (Å²) < 4.78 is 0. The zero-order valence-electron chi connectivity index (χ0n) is 18.8. The molecular weight excluding hydrogens is 444 g/mol. The molecule has 0 aromatic heterocycles. The van der Waals surface area contributed by atoms with Gasteiger partial charge in [-0.1, -0.05) is 91.0 Å². The minimum absolute atomic E-state index is 0.0325. The summed E-state index contributed by atoms with van der Waals surface area (Å²) >= 11 is 1.66. The first kappa shape index (κ1) is 22.7. The molecule has 2 N–H and O–H groups in total. The summed E-state index contributed by atoms with van der Waals surface area (Å²) in [6.45, 7) is 0.685. The van der Waals surface area contributed by atoms with Gasteiger partial charge in [-0.05, 0) is 23.1 Å². The lowest BCUT2D eigenvalue weighted by molar-refractivity contribution is -0.156. The van der Waals surface area contributed by atoms with Gasteiger partial charge in [-0.2, -0.15) is 11.8 Å². The molecule has 3 aromatic rings. The second kappa shape index (κ2) is 9.65. The lowest BCUT2D eigenvalue weighted by atomic mass is 9.77. The number of aliphatic carboxylic acids is 1. The number of hydrogen-bond acceptors (Lipinski definition) is 4. The zero-order valence-corrected chi connectivity index (χ0v) is 19.7. The van der Waals surface area contributed by atoms with Gasteiger partial charge in [0, 0.05) is 30.0 Å². The minimum atomic E-state index is -0.895. The summed E-state index contributed by atoms with van der Waals surface area (Å²) in [5.74, 6) is -0.180. The molecule has 3 unspecified atom stereocenters. The molecule has 2 heterocycles. The standard InChI is InChI=1S/C28H28N2O3S/c31-25-19-23-18-24(26(27(32)33)30(23)25)34-17-16-29-28(20-10-4-1-5-11-20,21-12-6-2-7-13-21)22-14-8-3-9-15-22/h1-15,23-24,26,29H,16-19H2,(H,32,33). The highest BCUT2D eigenvalue weighted by molar-refractivity contribution is 8.00. The second-order valence-corrected chi connectivity index (χ2v) is 10.2. The molecule has 3 aromatic carbocycles. The highest BCUT2D eigenvalue weighted by Crippen LogP contribution is 2.41. The van der Waals surface area contributed by atoms with Crippen LogP contribution in [-0.2, 0) is 15.1 Å². The summed E-state index contributed by atoms with van der Waals surface area (Å²) in [4.78, 5) is 25.4. The van der Waals surface area contributed by atoms with E-state index in [2.05, 4.69) is 78.1 Å². The summed E-state index contributed by atoms with van der Waals surface area (Å²) in [6.07, 6.45) is 1.24. The van der Waals surface area contributed by atoms with Crippen LogP contribution in [0.2, 0.25) is 0 Å². The van der Waals surface area contributed by atoms with E-state index in [0.717, 1.165) is 28.9 Å². The van der Waals surface area contributed by atoms with Gasteiger partial charge in [-0.15, -0.1) is 0 Å². The maximum Gasteiger partial charge on any atom is 0.327 e. The van der Waals surface area contributed by atoms with Crippen molar-refractivity contribution in [2.75, 3.05) is 12.3 Å². The Morgan fingerprint density at radius 2 is 1.41 bits per heavy atom. The summed E-state index contributed by atoms with van der Waals surface area (Å²) in [5, 5.41) is 13.5. The van der Waals surface area contributed by atoms with E-state index in [1.807, 2.05) is 18.2 Å². The Hall–Kier alpha value is -3.09. The SMILES string of the molecule is O=C(O)C1C(SCCNC(c2ccccc2)(c2ccccc2)c2ccccc2)CC2CC(=O)N21. The number of nitrogens with one attached hydrogen (secondary N) is 1. The number of thioether (sulfide) groups is 1. The van der Waals surface area contributed by atoms with Crippen molar-refractivity contribution >= 4 is 23.6 Å². The van der Waals surface area contributed by atoms with Crippen LogP contribution in [0.25, 0.3) is 0 Å². The Kier molecular flexibility index (Phi) is 6.44. The summed E-state index contributed by atoms with van der Waals surface area (Å²) in [6, 6.07) is 30.7. The number of benzene rings is 3. The van der Waals surface area contributed by atoms with Gasteiger partial charge in [-0.3, -0.25) is 10.1 Å². The van der Waals surface area contributed by atoms with Crippen molar-refractivity contribution in [2.45, 2.75) is 35.7 Å². The number of carboxylic acids is 1. The Balaban J connectivity index is 1.40. The molecule has 0 radical (unpaired) electrons. The number of carboxylic acid groups (broad SMARTS) is 1. The molecule has 3 atom stereocenters. The fraction of sp³-hybridized carbons (Fsp3) is 0.286. The average Bonchev–Trinajstić information content (AvgIpc) is 3.18. The molecule has 0 saturated carbocycles. The Bertz CT molecular complexity index is 1040. The molecule has 0 aliphatic carbocycles. The number of amides is 1. The number of carbonyl (C=O) groups excluding carboxylic acids is 1. The molecule has 1 amide bonds. The number of nitrogens with zero attached hydrogens (tertiary/aromatic N) is 1. The van der Waals surface area contributed by atoms with Crippen molar-refractivity contribution in [1.29, 1.82) is 0 Å². The molecule has 0 spiro atoms. The molecule has 5 nitrogen and oxygen atoms in total. The van der Waals surface area contributed by atoms with Crippen LogP contribution in [0.15, 0.2) is 91.0 Å². The van der Waals surface area contributed by atoms with Crippen molar-refractivity contribution in [3.63, 3.8) is 0 Å². The van der Waals surface area contributed by atoms with Crippen molar-refractivity contribution in [1.82, 2.24) is 10.2 Å². The number of β-lactam (4-membered cyclic amide) rings is 1. The van der Waals surface area contributed by atoms with Crippen molar-refractivity contribution in [3.05, 3.63) is 108 Å². The van der Waals surface area contributed by atoms with Gasteiger partial charge in [-0.25, -0.2) is 4.79 Å². The van der Waals surface area contributed by atoms with Gasteiger partial charge in [0.25, 0.3) is 0 Å². The van der Waals surface area contributed by atoms with Crippen LogP contribution in [0, 0.1) is 0 Å². The fourth-order valence-electron chi connectivity index (χ4n) is 5.41. The largest absolute Gasteiger partial charge is 0.480 e. The van der Waals surface area contributed by atoms with Crippen LogP contribution >= 0.6 is 11.8 Å². The van der Waals surface area contributed by atoms with Crippen LogP contribution < -0.4 is 5.32 Å². The molecule has 2 aliphatic heterocycles. The number of fused-ring (bicyclic) bond motifs is 1. The van der Waals surface area contributed by atoms with E-state index in [-0.39, 0.29) is 17.2 Å². The van der Waals surface area contributed by atoms with Gasteiger partial charge in [0.2, 0.25) is 5.91 Å². The van der Waals surface area contributed by atoms with Gasteiger partial charge >= 0.3 is 5.97 Å². The molecule has 5 rings (SSSR count). The molecular formula is C28H28N2O3S. The predicted molar refractivity (Wildman–Crippen MR) is 135 cm³/mol. The normalized spacial score (nSPS) is 21.7. The first-order chi connectivity index (χ1) is 16.6.